The molecule has 2 amide bonds. The van der Waals surface area contributed by atoms with E-state index in [0.29, 0.717) is 13.1 Å². The molecule has 3 N–H and O–H groups in total. The summed E-state index contributed by atoms with van der Waals surface area (Å²) in [6, 6.07) is 7.37. The van der Waals surface area contributed by atoms with Gasteiger partial charge in [-0.1, -0.05) is 51.1 Å². The fourth-order valence-electron chi connectivity index (χ4n) is 2.63. The molecule has 0 aromatic heterocycles. The number of nitrogens with two attached hydrogens (primary N) is 1. The molecule has 0 bridgehead atoms. The third-order valence-corrected chi connectivity index (χ3v) is 4.15. The van der Waals surface area contributed by atoms with Crippen LogP contribution in [-0.4, -0.2) is 41.3 Å². The second-order valence-electron chi connectivity index (χ2n) is 6.85. The van der Waals surface area contributed by atoms with Gasteiger partial charge in [0.25, 0.3) is 0 Å². The average Bonchev–Trinajstić information content (AvgIpc) is 3.10. The number of Topliss-reactive ketones (excluding diaryl/α,β-unsaturated/α-hetero) is 1. The maximum atomic E-state index is 12.3. The lowest BCUT2D eigenvalue weighted by Crippen LogP contribution is -2.43. The van der Waals surface area contributed by atoms with E-state index in [1.165, 1.54) is 18.1 Å². The van der Waals surface area contributed by atoms with Gasteiger partial charge in [0.05, 0.1) is 6.04 Å². The molecule has 1 aliphatic rings. The maximum absolute atomic E-state index is 12.3. The number of carbonyl (C=O) groups is 3. The Kier molecular flexibility index (Phi) is 12.4. The number of halogens is 1. The lowest BCUT2D eigenvalue weighted by atomic mass is 10.1. The summed E-state index contributed by atoms with van der Waals surface area (Å²) in [5.41, 5.74) is 7.97. The first-order chi connectivity index (χ1) is 13.3. The highest BCUT2D eigenvalue weighted by Gasteiger charge is 2.21. The van der Waals surface area contributed by atoms with Crippen LogP contribution in [0, 0.1) is 0 Å². The number of fused-ring (bicyclic) bond motifs is 1. The molecule has 0 spiro atoms. The highest BCUT2D eigenvalue weighted by atomic mass is 19.1. The first kappa shape index (κ1) is 26.5. The van der Waals surface area contributed by atoms with Crippen LogP contribution in [0.15, 0.2) is 36.4 Å². The number of benzene rings is 1. The maximum Gasteiger partial charge on any atom is 0.246 e. The number of carbonyl (C=O) groups excluding carboxylic acids is 3. The molecule has 0 saturated heterocycles. The Balaban J connectivity index is 0.00000117. The molecule has 162 valence electrons. The van der Waals surface area contributed by atoms with E-state index in [0.717, 1.165) is 12.8 Å². The topological polar surface area (TPSA) is 92.5 Å². The molecule has 2 rings (SSSR count). The SMILES string of the molecule is C.CC(=O)CF.CCC[C@@H](/C=C/C(=O)N1Cc2ccccc2C1)NC(=O)[C@H](C)N. The molecule has 0 fully saturated rings. The minimum atomic E-state index is -0.833. The smallest absolute Gasteiger partial charge is 0.246 e. The largest absolute Gasteiger partial charge is 0.349 e. The van der Waals surface area contributed by atoms with E-state index in [1.54, 1.807) is 24.0 Å². The fraction of sp³-hybridized carbons (Fsp3) is 0.500. The first-order valence-electron chi connectivity index (χ1n) is 9.43. The molecule has 6 nitrogen and oxygen atoms in total. The van der Waals surface area contributed by atoms with Gasteiger partial charge in [-0.3, -0.25) is 14.4 Å². The molecule has 0 unspecified atom stereocenters. The van der Waals surface area contributed by atoms with Crippen molar-refractivity contribution in [1.82, 2.24) is 10.2 Å². The van der Waals surface area contributed by atoms with Crippen molar-refractivity contribution >= 4 is 17.6 Å². The van der Waals surface area contributed by atoms with E-state index in [9.17, 15) is 18.8 Å². The van der Waals surface area contributed by atoms with Gasteiger partial charge in [0, 0.05) is 25.2 Å². The highest BCUT2D eigenvalue weighted by Crippen LogP contribution is 2.22. The third kappa shape index (κ3) is 9.47. The minimum Gasteiger partial charge on any atom is -0.349 e. The van der Waals surface area contributed by atoms with Crippen LogP contribution >= 0.6 is 0 Å². The number of rotatable bonds is 7. The molecule has 1 aromatic carbocycles. The Hall–Kier alpha value is -2.54. The van der Waals surface area contributed by atoms with Gasteiger partial charge in [-0.15, -0.1) is 0 Å². The van der Waals surface area contributed by atoms with Gasteiger partial charge in [0.2, 0.25) is 11.8 Å². The molecule has 7 heteroatoms. The normalized spacial score (nSPS) is 14.2. The van der Waals surface area contributed by atoms with Crippen LogP contribution in [-0.2, 0) is 27.5 Å². The van der Waals surface area contributed by atoms with Crippen LogP contribution < -0.4 is 11.1 Å². The average molecular weight is 408 g/mol. The fourth-order valence-corrected chi connectivity index (χ4v) is 2.63. The van der Waals surface area contributed by atoms with E-state index >= 15 is 0 Å². The number of amides is 2. The van der Waals surface area contributed by atoms with Crippen LogP contribution in [0.1, 0.15) is 52.2 Å². The van der Waals surface area contributed by atoms with Crippen molar-refractivity contribution in [2.24, 2.45) is 5.73 Å². The lowest BCUT2D eigenvalue weighted by Gasteiger charge is -2.17. The van der Waals surface area contributed by atoms with Gasteiger partial charge in [-0.2, -0.15) is 0 Å². The number of hydrogen-bond acceptors (Lipinski definition) is 4. The molecular formula is C22H34FN3O3. The van der Waals surface area contributed by atoms with Crippen molar-refractivity contribution in [3.05, 3.63) is 47.5 Å². The Morgan fingerprint density at radius 3 is 2.17 bits per heavy atom. The van der Waals surface area contributed by atoms with Crippen LogP contribution in [0.4, 0.5) is 4.39 Å². The summed E-state index contributed by atoms with van der Waals surface area (Å²) in [4.78, 5) is 35.3. The van der Waals surface area contributed by atoms with Gasteiger partial charge in [-0.05, 0) is 31.4 Å². The Labute approximate surface area is 173 Å². The third-order valence-electron chi connectivity index (χ3n) is 4.15. The van der Waals surface area contributed by atoms with Crippen LogP contribution in [0.25, 0.3) is 0 Å². The molecule has 1 aliphatic heterocycles. The van der Waals surface area contributed by atoms with Crippen molar-refractivity contribution in [2.45, 2.75) is 66.2 Å². The zero-order chi connectivity index (χ0) is 21.1. The molecule has 0 saturated carbocycles. The van der Waals surface area contributed by atoms with Crippen LogP contribution in [0.3, 0.4) is 0 Å². The number of nitrogens with one attached hydrogen (secondary N) is 1. The molecule has 0 aliphatic carbocycles. The molecule has 0 radical (unpaired) electrons. The van der Waals surface area contributed by atoms with Crippen molar-refractivity contribution in [3.63, 3.8) is 0 Å². The van der Waals surface area contributed by atoms with Crippen molar-refractivity contribution < 1.29 is 18.8 Å². The van der Waals surface area contributed by atoms with Gasteiger partial charge < -0.3 is 16.0 Å². The van der Waals surface area contributed by atoms with Gasteiger partial charge in [0.1, 0.15) is 6.67 Å². The summed E-state index contributed by atoms with van der Waals surface area (Å²) in [5.74, 6) is -0.642. The zero-order valence-corrected chi connectivity index (χ0v) is 16.8. The summed E-state index contributed by atoms with van der Waals surface area (Å²) in [7, 11) is 0. The first-order valence-corrected chi connectivity index (χ1v) is 9.43. The van der Waals surface area contributed by atoms with Gasteiger partial charge >= 0.3 is 0 Å². The van der Waals surface area contributed by atoms with E-state index in [-0.39, 0.29) is 25.3 Å². The lowest BCUT2D eigenvalue weighted by molar-refractivity contribution is -0.126. The second kappa shape index (κ2) is 13.6. The Bertz CT molecular complexity index is 679. The van der Waals surface area contributed by atoms with E-state index in [2.05, 4.69) is 17.4 Å². The monoisotopic (exact) mass is 407 g/mol. The molecule has 1 heterocycles. The minimum absolute atomic E-state index is 0. The highest BCUT2D eigenvalue weighted by molar-refractivity contribution is 5.88. The van der Waals surface area contributed by atoms with Crippen molar-refractivity contribution in [2.75, 3.05) is 6.67 Å². The van der Waals surface area contributed by atoms with Gasteiger partial charge in [-0.25, -0.2) is 4.39 Å². The molecule has 2 atom stereocenters. The van der Waals surface area contributed by atoms with Crippen molar-refractivity contribution in [1.29, 1.82) is 0 Å². The van der Waals surface area contributed by atoms with E-state index < -0.39 is 18.5 Å². The number of hydrogen-bond donors (Lipinski definition) is 2. The molecular weight excluding hydrogens is 373 g/mol. The summed E-state index contributed by atoms with van der Waals surface area (Å²) >= 11 is 0. The predicted octanol–water partition coefficient (Wildman–Crippen LogP) is 2.90. The summed E-state index contributed by atoms with van der Waals surface area (Å²) < 4.78 is 10.8. The summed E-state index contributed by atoms with van der Waals surface area (Å²) in [5, 5.41) is 2.86. The number of alkyl halides is 1. The molecule has 29 heavy (non-hydrogen) atoms. The quantitative estimate of drug-likeness (QED) is 0.680. The second-order valence-corrected chi connectivity index (χ2v) is 6.85. The number of nitrogens with zero attached hydrogens (tertiary/aromatic N) is 1. The van der Waals surface area contributed by atoms with Crippen molar-refractivity contribution in [3.8, 4) is 0 Å². The van der Waals surface area contributed by atoms with Crippen LogP contribution in [0.2, 0.25) is 0 Å². The Morgan fingerprint density at radius 2 is 1.76 bits per heavy atom. The zero-order valence-electron chi connectivity index (χ0n) is 16.8. The Morgan fingerprint density at radius 1 is 1.24 bits per heavy atom. The predicted molar refractivity (Wildman–Crippen MR) is 114 cm³/mol. The summed E-state index contributed by atoms with van der Waals surface area (Å²) in [6.07, 6.45) is 5.03. The van der Waals surface area contributed by atoms with Crippen LogP contribution in [0.5, 0.6) is 0 Å². The number of ketones is 1. The van der Waals surface area contributed by atoms with E-state index in [4.69, 9.17) is 5.73 Å². The van der Waals surface area contributed by atoms with Gasteiger partial charge in [0.15, 0.2) is 5.78 Å². The van der Waals surface area contributed by atoms with E-state index in [1.807, 2.05) is 19.1 Å². The summed E-state index contributed by atoms with van der Waals surface area (Å²) in [6.45, 7) is 5.35. The standard InChI is InChI=1S/C18H25N3O2.C3H5FO.CH4/c1-3-6-16(20-18(23)13(2)19)9-10-17(22)21-11-14-7-4-5-8-15(14)12-21;1-3(5)2-4;/h4-5,7-10,13,16H,3,6,11-12,19H2,1-2H3,(H,20,23);2H2,1H3;1H4/b10-9+;;/t13-,16-;;/m0../s1. The molecule has 1 aromatic rings.